The van der Waals surface area contributed by atoms with Crippen LogP contribution in [0.25, 0.3) is 11.7 Å². The van der Waals surface area contributed by atoms with Gasteiger partial charge in [-0.1, -0.05) is 24.3 Å². The third-order valence-electron chi connectivity index (χ3n) is 3.36. The topological polar surface area (TPSA) is 78.2 Å². The number of nitrogens with zero attached hydrogens (tertiary/aromatic N) is 2. The van der Waals surface area contributed by atoms with E-state index < -0.39 is 5.76 Å². The first-order valence-electron chi connectivity index (χ1n) is 6.96. The van der Waals surface area contributed by atoms with Crippen LogP contribution < -0.4 is 5.76 Å². The molecular formula is C16H13BrN2O4. The molecule has 0 aliphatic rings. The maximum absolute atomic E-state index is 11.8. The molecule has 0 N–H and O–H groups in total. The number of rotatable bonds is 5. The Kier molecular flexibility index (Phi) is 4.29. The zero-order valence-electron chi connectivity index (χ0n) is 12.3. The molecule has 3 rings (SSSR count). The van der Waals surface area contributed by atoms with Gasteiger partial charge in [-0.25, -0.2) is 4.79 Å². The Morgan fingerprint density at radius 2 is 1.91 bits per heavy atom. The van der Waals surface area contributed by atoms with Crippen LogP contribution in [0.4, 0.5) is 0 Å². The van der Waals surface area contributed by atoms with Gasteiger partial charge in [0.25, 0.3) is 5.89 Å². The standard InChI is InChI=1S/C16H13BrN2O4/c1-10(20)12-4-2-11(3-5-12)8-9-19-16(21)23-15(18-19)13-6-7-14(17)22-13/h2-7H,8-9H2,1H3. The van der Waals surface area contributed by atoms with Crippen LogP contribution >= 0.6 is 15.9 Å². The highest BCUT2D eigenvalue weighted by molar-refractivity contribution is 9.10. The van der Waals surface area contributed by atoms with Crippen molar-refractivity contribution < 1.29 is 13.6 Å². The van der Waals surface area contributed by atoms with Crippen molar-refractivity contribution >= 4 is 21.7 Å². The smallest absolute Gasteiger partial charge is 0.437 e. The van der Waals surface area contributed by atoms with Gasteiger partial charge in [-0.2, -0.15) is 4.68 Å². The Balaban J connectivity index is 1.72. The molecule has 2 aromatic heterocycles. The van der Waals surface area contributed by atoms with Crippen molar-refractivity contribution in [1.82, 2.24) is 9.78 Å². The fraction of sp³-hybridized carbons (Fsp3) is 0.188. The summed E-state index contributed by atoms with van der Waals surface area (Å²) in [5.41, 5.74) is 1.67. The lowest BCUT2D eigenvalue weighted by atomic mass is 10.1. The van der Waals surface area contributed by atoms with E-state index in [1.807, 2.05) is 12.1 Å². The summed E-state index contributed by atoms with van der Waals surface area (Å²) in [5, 5.41) is 4.12. The Morgan fingerprint density at radius 3 is 2.52 bits per heavy atom. The number of ketones is 1. The highest BCUT2D eigenvalue weighted by atomic mass is 79.9. The van der Waals surface area contributed by atoms with Gasteiger partial charge in [0.2, 0.25) is 0 Å². The minimum absolute atomic E-state index is 0.0264. The van der Waals surface area contributed by atoms with Crippen LogP contribution in [-0.2, 0) is 13.0 Å². The predicted octanol–water partition coefficient (Wildman–Crippen LogP) is 3.30. The van der Waals surface area contributed by atoms with E-state index in [0.717, 1.165) is 5.56 Å². The van der Waals surface area contributed by atoms with E-state index in [9.17, 15) is 9.59 Å². The molecule has 3 aromatic rings. The van der Waals surface area contributed by atoms with Gasteiger partial charge in [0.1, 0.15) is 0 Å². The van der Waals surface area contributed by atoms with Crippen molar-refractivity contribution in [1.29, 1.82) is 0 Å². The summed E-state index contributed by atoms with van der Waals surface area (Å²) in [6.45, 7) is 1.90. The van der Waals surface area contributed by atoms with Gasteiger partial charge < -0.3 is 8.83 Å². The summed E-state index contributed by atoms with van der Waals surface area (Å²) in [4.78, 5) is 23.1. The quantitative estimate of drug-likeness (QED) is 0.638. The average Bonchev–Trinajstić information content (AvgIpc) is 3.11. The summed E-state index contributed by atoms with van der Waals surface area (Å²) < 4.78 is 12.2. The minimum Gasteiger partial charge on any atom is -0.444 e. The van der Waals surface area contributed by atoms with Gasteiger partial charge in [-0.3, -0.25) is 4.79 Å². The normalized spacial score (nSPS) is 10.9. The number of aromatic nitrogens is 2. The van der Waals surface area contributed by atoms with Crippen LogP contribution in [0.5, 0.6) is 0 Å². The highest BCUT2D eigenvalue weighted by Crippen LogP contribution is 2.22. The lowest BCUT2D eigenvalue weighted by Crippen LogP contribution is -2.17. The molecule has 0 aliphatic carbocycles. The number of hydrogen-bond donors (Lipinski definition) is 0. The fourth-order valence-corrected chi connectivity index (χ4v) is 2.42. The minimum atomic E-state index is -0.534. The zero-order valence-corrected chi connectivity index (χ0v) is 13.9. The van der Waals surface area contributed by atoms with Crippen LogP contribution in [0.2, 0.25) is 0 Å². The Bertz CT molecular complexity index is 889. The van der Waals surface area contributed by atoms with Crippen molar-refractivity contribution in [2.45, 2.75) is 19.9 Å². The third kappa shape index (κ3) is 3.50. The third-order valence-corrected chi connectivity index (χ3v) is 3.79. The Hall–Kier alpha value is -2.41. The Morgan fingerprint density at radius 1 is 1.17 bits per heavy atom. The van der Waals surface area contributed by atoms with Gasteiger partial charge in [0.15, 0.2) is 16.2 Å². The molecule has 23 heavy (non-hydrogen) atoms. The lowest BCUT2D eigenvalue weighted by molar-refractivity contribution is 0.101. The summed E-state index contributed by atoms with van der Waals surface area (Å²) in [7, 11) is 0. The molecule has 118 valence electrons. The van der Waals surface area contributed by atoms with Crippen LogP contribution in [0.3, 0.4) is 0 Å². The number of furan rings is 1. The highest BCUT2D eigenvalue weighted by Gasteiger charge is 2.13. The summed E-state index contributed by atoms with van der Waals surface area (Å²) in [5.74, 6) is 0.0255. The molecule has 6 nitrogen and oxygen atoms in total. The maximum atomic E-state index is 11.8. The largest absolute Gasteiger partial charge is 0.444 e. The molecule has 1 aromatic carbocycles. The van der Waals surface area contributed by atoms with E-state index in [4.69, 9.17) is 8.83 Å². The number of Topliss-reactive ketones (excluding diaryl/α,β-unsaturated/α-hetero) is 1. The van der Waals surface area contributed by atoms with Crippen LogP contribution in [-0.4, -0.2) is 15.6 Å². The van der Waals surface area contributed by atoms with Crippen LogP contribution in [0, 0.1) is 0 Å². The van der Waals surface area contributed by atoms with Gasteiger partial charge in [0, 0.05) is 5.56 Å². The fourth-order valence-electron chi connectivity index (χ4n) is 2.12. The molecule has 0 radical (unpaired) electrons. The maximum Gasteiger partial charge on any atom is 0.437 e. The molecule has 7 heteroatoms. The molecule has 0 bridgehead atoms. The number of carbonyl (C=O) groups is 1. The van der Waals surface area contributed by atoms with Gasteiger partial charge in [-0.05, 0) is 47.0 Å². The second-order valence-electron chi connectivity index (χ2n) is 5.00. The number of aryl methyl sites for hydroxylation is 2. The second-order valence-corrected chi connectivity index (χ2v) is 5.78. The molecule has 0 amide bonds. The van der Waals surface area contributed by atoms with Gasteiger partial charge >= 0.3 is 5.76 Å². The molecule has 0 unspecified atom stereocenters. The summed E-state index contributed by atoms with van der Waals surface area (Å²) in [6, 6.07) is 10.6. The molecular weight excluding hydrogens is 364 g/mol. The molecule has 0 saturated carbocycles. The monoisotopic (exact) mass is 376 g/mol. The Labute approximate surface area is 139 Å². The van der Waals surface area contributed by atoms with E-state index in [0.29, 0.717) is 29.0 Å². The van der Waals surface area contributed by atoms with Crippen molar-refractivity contribution in [3.63, 3.8) is 0 Å². The predicted molar refractivity (Wildman–Crippen MR) is 86.3 cm³/mol. The molecule has 2 heterocycles. The zero-order chi connectivity index (χ0) is 16.4. The molecule has 0 spiro atoms. The number of halogens is 1. The van der Waals surface area contributed by atoms with Crippen molar-refractivity contribution in [3.05, 3.63) is 62.7 Å². The molecule has 0 aliphatic heterocycles. The van der Waals surface area contributed by atoms with E-state index in [-0.39, 0.29) is 11.7 Å². The number of hydrogen-bond acceptors (Lipinski definition) is 5. The van der Waals surface area contributed by atoms with Gasteiger partial charge in [-0.15, -0.1) is 5.10 Å². The summed E-state index contributed by atoms with van der Waals surface area (Å²) >= 11 is 3.19. The van der Waals surface area contributed by atoms with Gasteiger partial charge in [0.05, 0.1) is 6.54 Å². The summed E-state index contributed by atoms with van der Waals surface area (Å²) in [6.07, 6.45) is 0.603. The SMILES string of the molecule is CC(=O)c1ccc(CCn2nc(-c3ccc(Br)o3)oc2=O)cc1. The second kappa shape index (κ2) is 6.37. The molecule has 0 saturated heterocycles. The van der Waals surface area contributed by atoms with Crippen molar-refractivity contribution in [2.75, 3.05) is 0 Å². The van der Waals surface area contributed by atoms with Crippen molar-refractivity contribution in [2.24, 2.45) is 0 Å². The lowest BCUT2D eigenvalue weighted by Gasteiger charge is -2.01. The number of carbonyl (C=O) groups excluding carboxylic acids is 1. The first-order valence-corrected chi connectivity index (χ1v) is 7.76. The average molecular weight is 377 g/mol. The van der Waals surface area contributed by atoms with E-state index in [2.05, 4.69) is 21.0 Å². The van der Waals surface area contributed by atoms with Crippen molar-refractivity contribution in [3.8, 4) is 11.7 Å². The van der Waals surface area contributed by atoms with E-state index >= 15 is 0 Å². The van der Waals surface area contributed by atoms with Crippen LogP contribution in [0.15, 0.2) is 54.7 Å². The first kappa shape index (κ1) is 15.5. The van der Waals surface area contributed by atoms with Crippen LogP contribution in [0.1, 0.15) is 22.8 Å². The first-order chi connectivity index (χ1) is 11.0. The molecule has 0 fully saturated rings. The molecule has 0 atom stereocenters. The van der Waals surface area contributed by atoms with E-state index in [1.165, 1.54) is 11.6 Å². The number of benzene rings is 1. The van der Waals surface area contributed by atoms with E-state index in [1.54, 1.807) is 24.3 Å².